The van der Waals surface area contributed by atoms with Gasteiger partial charge in [0.15, 0.2) is 10.9 Å². The van der Waals surface area contributed by atoms with Crippen molar-refractivity contribution >= 4 is 51.0 Å². The highest BCUT2D eigenvalue weighted by atomic mass is 35.5. The Morgan fingerprint density at radius 3 is 2.59 bits per heavy atom. The lowest BCUT2D eigenvalue weighted by Gasteiger charge is -2.31. The highest BCUT2D eigenvalue weighted by molar-refractivity contribution is 8.14. The van der Waals surface area contributed by atoms with E-state index >= 15 is 0 Å². The number of rotatable bonds is 4. The second-order valence-electron chi connectivity index (χ2n) is 6.77. The van der Waals surface area contributed by atoms with Crippen LogP contribution in [0.25, 0.3) is 0 Å². The Morgan fingerprint density at radius 2 is 2.00 bits per heavy atom. The van der Waals surface area contributed by atoms with Crippen molar-refractivity contribution in [2.75, 3.05) is 19.8 Å². The molecule has 1 aliphatic heterocycles. The standard InChI is InChI=1S/C17H24ClN3O3S2.ClH/c1-19-16-21(2)17(22,11-25-16)12-8-9-14(18)15(10-12)26(23,24)20-13-6-4-3-5-7-13;/h8-10,13,20,22H,3-7,11H2,1-2H3;1H. The van der Waals surface area contributed by atoms with Crippen molar-refractivity contribution in [2.24, 2.45) is 4.99 Å². The predicted octanol–water partition coefficient (Wildman–Crippen LogP) is 3.18. The fourth-order valence-electron chi connectivity index (χ4n) is 3.47. The number of hydrogen-bond donors (Lipinski definition) is 2. The van der Waals surface area contributed by atoms with Gasteiger partial charge in [0, 0.05) is 25.7 Å². The Hall–Kier alpha value is -0.510. The van der Waals surface area contributed by atoms with E-state index in [1.54, 1.807) is 25.1 Å². The number of aliphatic imine (C=N–C) groups is 1. The SMILES string of the molecule is CN=C1SCC(O)(c2ccc(Cl)c(S(=O)(=O)NC3CCCCC3)c2)N1C.Cl. The maximum atomic E-state index is 12.9. The zero-order chi connectivity index (χ0) is 18.9. The van der Waals surface area contributed by atoms with Crippen molar-refractivity contribution in [1.29, 1.82) is 0 Å². The van der Waals surface area contributed by atoms with E-state index in [0.29, 0.717) is 16.5 Å². The summed E-state index contributed by atoms with van der Waals surface area (Å²) in [6, 6.07) is 4.62. The van der Waals surface area contributed by atoms with Crippen LogP contribution >= 0.6 is 35.8 Å². The number of nitrogens with one attached hydrogen (secondary N) is 1. The van der Waals surface area contributed by atoms with Gasteiger partial charge in [0.05, 0.1) is 10.8 Å². The summed E-state index contributed by atoms with van der Waals surface area (Å²) in [6.07, 6.45) is 4.89. The number of amidine groups is 1. The van der Waals surface area contributed by atoms with Gasteiger partial charge in [0.2, 0.25) is 10.0 Å². The van der Waals surface area contributed by atoms with Gasteiger partial charge in [-0.05, 0) is 25.0 Å². The summed E-state index contributed by atoms with van der Waals surface area (Å²) < 4.78 is 28.5. The smallest absolute Gasteiger partial charge is 0.242 e. The van der Waals surface area contributed by atoms with Gasteiger partial charge in [-0.25, -0.2) is 13.1 Å². The summed E-state index contributed by atoms with van der Waals surface area (Å²) in [6.45, 7) is 0. The van der Waals surface area contributed by atoms with E-state index in [1.807, 2.05) is 0 Å². The van der Waals surface area contributed by atoms with Gasteiger partial charge in [-0.1, -0.05) is 48.7 Å². The zero-order valence-corrected chi connectivity index (χ0v) is 18.5. The first-order valence-electron chi connectivity index (χ1n) is 8.66. The van der Waals surface area contributed by atoms with E-state index in [2.05, 4.69) is 9.71 Å². The minimum atomic E-state index is -3.75. The average Bonchev–Trinajstić information content (AvgIpc) is 2.91. The lowest BCUT2D eigenvalue weighted by molar-refractivity contribution is -0.0349. The van der Waals surface area contributed by atoms with Crippen LogP contribution in [-0.4, -0.2) is 49.5 Å². The molecule has 152 valence electrons. The molecule has 1 heterocycles. The molecular formula is C17H25Cl2N3O3S2. The van der Waals surface area contributed by atoms with Crippen LogP contribution in [0.3, 0.4) is 0 Å². The maximum absolute atomic E-state index is 12.9. The molecule has 0 radical (unpaired) electrons. The summed E-state index contributed by atoms with van der Waals surface area (Å²) in [4.78, 5) is 5.81. The minimum Gasteiger partial charge on any atom is -0.366 e. The molecule has 2 fully saturated rings. The van der Waals surface area contributed by atoms with Crippen LogP contribution in [0.15, 0.2) is 28.1 Å². The van der Waals surface area contributed by atoms with Crippen molar-refractivity contribution in [1.82, 2.24) is 9.62 Å². The molecule has 1 aromatic rings. The van der Waals surface area contributed by atoms with Gasteiger partial charge in [-0.3, -0.25) is 4.99 Å². The van der Waals surface area contributed by atoms with Crippen molar-refractivity contribution < 1.29 is 13.5 Å². The van der Waals surface area contributed by atoms with Gasteiger partial charge >= 0.3 is 0 Å². The highest BCUT2D eigenvalue weighted by Gasteiger charge is 2.43. The van der Waals surface area contributed by atoms with Crippen molar-refractivity contribution in [2.45, 2.75) is 48.8 Å². The summed E-state index contributed by atoms with van der Waals surface area (Å²) in [5.41, 5.74) is -0.835. The van der Waals surface area contributed by atoms with Crippen LogP contribution in [-0.2, 0) is 15.7 Å². The third kappa shape index (κ3) is 4.57. The van der Waals surface area contributed by atoms with Crippen molar-refractivity contribution in [3.8, 4) is 0 Å². The van der Waals surface area contributed by atoms with E-state index in [1.165, 1.54) is 23.9 Å². The number of aliphatic hydroxyl groups is 1. The topological polar surface area (TPSA) is 82.0 Å². The average molecular weight is 454 g/mol. The molecule has 0 aromatic heterocycles. The molecule has 2 aliphatic rings. The van der Waals surface area contributed by atoms with Gasteiger partial charge in [-0.15, -0.1) is 12.4 Å². The minimum absolute atomic E-state index is 0. The molecule has 1 saturated carbocycles. The maximum Gasteiger partial charge on any atom is 0.242 e. The zero-order valence-electron chi connectivity index (χ0n) is 15.3. The molecule has 27 heavy (non-hydrogen) atoms. The molecule has 3 rings (SSSR count). The van der Waals surface area contributed by atoms with E-state index in [0.717, 1.165) is 32.1 Å². The van der Waals surface area contributed by atoms with Crippen LogP contribution < -0.4 is 4.72 Å². The Bertz CT molecular complexity index is 814. The Morgan fingerprint density at radius 1 is 1.33 bits per heavy atom. The number of halogens is 2. The molecule has 0 bridgehead atoms. The van der Waals surface area contributed by atoms with Crippen LogP contribution in [0.2, 0.25) is 5.02 Å². The van der Waals surface area contributed by atoms with Gasteiger partial charge in [-0.2, -0.15) is 0 Å². The first-order chi connectivity index (χ1) is 12.3. The molecule has 0 amide bonds. The molecule has 2 N–H and O–H groups in total. The number of hydrogen-bond acceptors (Lipinski definition) is 5. The fourth-order valence-corrected chi connectivity index (χ4v) is 6.47. The Labute approximate surface area is 176 Å². The molecule has 6 nitrogen and oxygen atoms in total. The van der Waals surface area contributed by atoms with Crippen LogP contribution in [0.1, 0.15) is 37.7 Å². The first-order valence-corrected chi connectivity index (χ1v) is 11.5. The number of nitrogens with zero attached hydrogens (tertiary/aromatic N) is 2. The Balaban J connectivity index is 0.00000261. The largest absolute Gasteiger partial charge is 0.366 e. The fraction of sp³-hybridized carbons (Fsp3) is 0.588. The Kier molecular flexibility index (Phi) is 7.49. The second kappa shape index (κ2) is 8.88. The summed E-state index contributed by atoms with van der Waals surface area (Å²) in [5, 5.41) is 12.0. The monoisotopic (exact) mass is 453 g/mol. The van der Waals surface area contributed by atoms with Crippen molar-refractivity contribution in [3.63, 3.8) is 0 Å². The van der Waals surface area contributed by atoms with Gasteiger partial charge in [0.1, 0.15) is 4.90 Å². The van der Waals surface area contributed by atoms with E-state index in [4.69, 9.17) is 11.6 Å². The summed E-state index contributed by atoms with van der Waals surface area (Å²) in [7, 11) is -0.350. The normalized spacial score (nSPS) is 25.6. The predicted molar refractivity (Wildman–Crippen MR) is 113 cm³/mol. The second-order valence-corrected chi connectivity index (χ2v) is 9.80. The quantitative estimate of drug-likeness (QED) is 0.731. The number of benzene rings is 1. The van der Waals surface area contributed by atoms with Crippen LogP contribution in [0.5, 0.6) is 0 Å². The lowest BCUT2D eigenvalue weighted by Crippen LogP contribution is -2.42. The lowest BCUT2D eigenvalue weighted by atomic mass is 9.96. The molecule has 10 heteroatoms. The van der Waals surface area contributed by atoms with Gasteiger partial charge in [0.25, 0.3) is 0 Å². The van der Waals surface area contributed by atoms with E-state index < -0.39 is 15.7 Å². The molecule has 1 saturated heterocycles. The molecular weight excluding hydrogens is 429 g/mol. The third-order valence-electron chi connectivity index (χ3n) is 5.05. The summed E-state index contributed by atoms with van der Waals surface area (Å²) in [5.74, 6) is 0.368. The molecule has 1 atom stereocenters. The number of thioether (sulfide) groups is 1. The third-order valence-corrected chi connectivity index (χ3v) is 8.31. The number of sulfonamides is 1. The van der Waals surface area contributed by atoms with Crippen LogP contribution in [0.4, 0.5) is 0 Å². The van der Waals surface area contributed by atoms with Crippen molar-refractivity contribution in [3.05, 3.63) is 28.8 Å². The van der Waals surface area contributed by atoms with E-state index in [9.17, 15) is 13.5 Å². The van der Waals surface area contributed by atoms with Crippen LogP contribution in [0, 0.1) is 0 Å². The molecule has 1 aliphatic carbocycles. The molecule has 1 unspecified atom stereocenters. The summed E-state index contributed by atoms with van der Waals surface area (Å²) >= 11 is 7.63. The van der Waals surface area contributed by atoms with E-state index in [-0.39, 0.29) is 28.4 Å². The highest BCUT2D eigenvalue weighted by Crippen LogP contribution is 2.39. The first kappa shape index (κ1) is 22.8. The molecule has 1 aromatic carbocycles. The molecule has 0 spiro atoms. The van der Waals surface area contributed by atoms with Gasteiger partial charge < -0.3 is 10.0 Å².